The molecule has 5 heteroatoms. The molecule has 0 aliphatic heterocycles. The molecule has 12 heavy (non-hydrogen) atoms. The van der Waals surface area contributed by atoms with Crippen LogP contribution in [-0.2, 0) is 0 Å². The molecule has 0 aromatic rings. The monoisotopic (exact) mass is 180 g/mol. The minimum absolute atomic E-state index is 0.00546. The van der Waals surface area contributed by atoms with Gasteiger partial charge in [0.2, 0.25) is 0 Å². The van der Waals surface area contributed by atoms with E-state index < -0.39 is 18.3 Å². The number of aliphatic hydroxyl groups is 4. The maximum absolute atomic E-state index is 9.21. The topological polar surface area (TPSA) is 97.5 Å². The molecule has 0 saturated carbocycles. The Hall–Kier alpha value is -0.200. The van der Waals surface area contributed by atoms with Crippen LogP contribution in [0.3, 0.4) is 0 Å². The van der Waals surface area contributed by atoms with E-state index >= 15 is 0 Å². The molecule has 0 aliphatic carbocycles. The van der Waals surface area contributed by atoms with Crippen molar-refractivity contribution in [3.63, 3.8) is 0 Å². The fourth-order valence-electron chi connectivity index (χ4n) is 0.909. The van der Waals surface area contributed by atoms with Crippen molar-refractivity contribution in [2.45, 2.75) is 24.7 Å². The Morgan fingerprint density at radius 3 is 2.17 bits per heavy atom. The molecule has 5 nitrogen and oxygen atoms in total. The summed E-state index contributed by atoms with van der Waals surface area (Å²) >= 11 is 0. The normalized spacial score (nSPS) is 18.8. The molecule has 6 N–H and O–H groups in total. The lowest BCUT2D eigenvalue weighted by atomic mass is 10.1. The molecule has 3 atom stereocenters. The van der Waals surface area contributed by atoms with Crippen LogP contribution in [0, 0.1) is 0 Å². The van der Waals surface area contributed by atoms with Crippen LogP contribution in [-0.4, -0.2) is 58.9 Å². The first kappa shape index (κ1) is 11.8. The molecule has 0 unspecified atom stereocenters. The predicted molar refractivity (Wildman–Crippen MR) is 42.4 cm³/mol. The highest BCUT2D eigenvalue weighted by Crippen LogP contribution is 2.01. The summed E-state index contributed by atoms with van der Waals surface area (Å²) in [6.45, 7) is -0.00106. The SMILES string of the molecule is C[NH2+]C[C@H](O)[C@@H](O)C[C@H](O)CO. The van der Waals surface area contributed by atoms with Gasteiger partial charge in [0.05, 0.1) is 25.9 Å². The maximum Gasteiger partial charge on any atom is 0.129 e. The smallest absolute Gasteiger partial charge is 0.129 e. The Morgan fingerprint density at radius 1 is 1.17 bits per heavy atom. The van der Waals surface area contributed by atoms with Gasteiger partial charge in [-0.3, -0.25) is 0 Å². The molecule has 0 bridgehead atoms. The minimum atomic E-state index is -0.969. The number of nitrogens with two attached hydrogens (primary N) is 1. The summed E-state index contributed by atoms with van der Waals surface area (Å²) in [5, 5.41) is 37.5. The molecule has 0 radical (unpaired) electrons. The van der Waals surface area contributed by atoms with E-state index in [1.165, 1.54) is 0 Å². The van der Waals surface area contributed by atoms with Gasteiger partial charge in [-0.2, -0.15) is 0 Å². The Bertz CT molecular complexity index is 112. The summed E-state index contributed by atoms with van der Waals surface area (Å²) in [4.78, 5) is 0. The molecule has 0 heterocycles. The largest absolute Gasteiger partial charge is 0.394 e. The average molecular weight is 180 g/mol. The van der Waals surface area contributed by atoms with Crippen LogP contribution in [0.15, 0.2) is 0 Å². The van der Waals surface area contributed by atoms with Crippen molar-refractivity contribution in [3.05, 3.63) is 0 Å². The summed E-state index contributed by atoms with van der Waals surface area (Å²) in [5.74, 6) is 0. The Labute approximate surface area is 71.7 Å². The molecule has 0 aromatic heterocycles. The van der Waals surface area contributed by atoms with Crippen molar-refractivity contribution in [3.8, 4) is 0 Å². The van der Waals surface area contributed by atoms with Gasteiger partial charge in [-0.1, -0.05) is 0 Å². The number of hydrogen-bond acceptors (Lipinski definition) is 4. The lowest BCUT2D eigenvalue weighted by molar-refractivity contribution is -0.635. The van der Waals surface area contributed by atoms with Gasteiger partial charge in [-0.25, -0.2) is 0 Å². The Balaban J connectivity index is 3.62. The number of quaternary nitrogens is 1. The first-order valence-electron chi connectivity index (χ1n) is 4.04. The molecule has 0 rings (SSSR count). The molecule has 0 spiro atoms. The van der Waals surface area contributed by atoms with Gasteiger partial charge in [0.15, 0.2) is 0 Å². The van der Waals surface area contributed by atoms with E-state index in [-0.39, 0.29) is 13.0 Å². The highest BCUT2D eigenvalue weighted by molar-refractivity contribution is 4.69. The standard InChI is InChI=1S/C7H17NO4/c1-8-3-7(12)6(11)2-5(10)4-9/h5-12H,2-4H2,1H3/p+1/t5-,6-,7-/m0/s1. The van der Waals surface area contributed by atoms with Crippen molar-refractivity contribution in [2.24, 2.45) is 0 Å². The van der Waals surface area contributed by atoms with Crippen LogP contribution in [0.5, 0.6) is 0 Å². The van der Waals surface area contributed by atoms with E-state index in [2.05, 4.69) is 0 Å². The van der Waals surface area contributed by atoms with E-state index in [1.54, 1.807) is 12.4 Å². The molecule has 0 saturated heterocycles. The zero-order valence-corrected chi connectivity index (χ0v) is 7.22. The zero-order chi connectivity index (χ0) is 9.56. The van der Waals surface area contributed by atoms with E-state index in [9.17, 15) is 10.2 Å². The first-order valence-corrected chi connectivity index (χ1v) is 4.04. The van der Waals surface area contributed by atoms with Crippen LogP contribution < -0.4 is 5.32 Å². The highest BCUT2D eigenvalue weighted by atomic mass is 16.3. The minimum Gasteiger partial charge on any atom is -0.394 e. The van der Waals surface area contributed by atoms with Gasteiger partial charge in [0.25, 0.3) is 0 Å². The fourth-order valence-corrected chi connectivity index (χ4v) is 0.909. The highest BCUT2D eigenvalue weighted by Gasteiger charge is 2.20. The fraction of sp³-hybridized carbons (Fsp3) is 1.00. The Kier molecular flexibility index (Phi) is 6.23. The summed E-state index contributed by atoms with van der Waals surface area (Å²) in [6, 6.07) is 0. The van der Waals surface area contributed by atoms with Crippen LogP contribution in [0.1, 0.15) is 6.42 Å². The van der Waals surface area contributed by atoms with Crippen LogP contribution >= 0.6 is 0 Å². The number of aliphatic hydroxyl groups excluding tert-OH is 4. The Morgan fingerprint density at radius 2 is 1.75 bits per heavy atom. The van der Waals surface area contributed by atoms with E-state index in [4.69, 9.17) is 10.2 Å². The van der Waals surface area contributed by atoms with Gasteiger partial charge in [0.1, 0.15) is 12.6 Å². The van der Waals surface area contributed by atoms with Gasteiger partial charge < -0.3 is 25.7 Å². The third-order valence-corrected chi connectivity index (χ3v) is 1.65. The number of hydrogen-bond donors (Lipinski definition) is 5. The maximum atomic E-state index is 9.21. The number of likely N-dealkylation sites (N-methyl/N-ethyl adjacent to an activating group) is 1. The van der Waals surface area contributed by atoms with Gasteiger partial charge in [-0.15, -0.1) is 0 Å². The first-order chi connectivity index (χ1) is 5.61. The summed E-state index contributed by atoms with van der Waals surface area (Å²) < 4.78 is 0. The predicted octanol–water partition coefficient (Wildman–Crippen LogP) is -3.36. The van der Waals surface area contributed by atoms with Crippen molar-refractivity contribution in [2.75, 3.05) is 20.2 Å². The van der Waals surface area contributed by atoms with Crippen molar-refractivity contribution in [1.29, 1.82) is 0 Å². The third kappa shape index (κ3) is 4.63. The molecular formula is C7H18NO4+. The molecular weight excluding hydrogens is 162 g/mol. The van der Waals surface area contributed by atoms with E-state index in [1.807, 2.05) is 0 Å². The van der Waals surface area contributed by atoms with Gasteiger partial charge >= 0.3 is 0 Å². The quantitative estimate of drug-likeness (QED) is 0.295. The second-order valence-electron chi connectivity index (χ2n) is 2.85. The molecule has 0 aromatic carbocycles. The summed E-state index contributed by atoms with van der Waals surface area (Å²) in [6.07, 6.45) is -2.77. The molecule has 0 amide bonds. The lowest BCUT2D eigenvalue weighted by Gasteiger charge is -2.17. The number of rotatable bonds is 6. The summed E-state index contributed by atoms with van der Waals surface area (Å²) in [5.41, 5.74) is 0. The average Bonchev–Trinajstić information content (AvgIpc) is 2.04. The lowest BCUT2D eigenvalue weighted by Crippen LogP contribution is -2.82. The second-order valence-corrected chi connectivity index (χ2v) is 2.85. The van der Waals surface area contributed by atoms with E-state index in [0.717, 1.165) is 0 Å². The molecule has 0 fully saturated rings. The molecule has 0 aliphatic rings. The van der Waals surface area contributed by atoms with Crippen molar-refractivity contribution < 1.29 is 25.7 Å². The molecule has 74 valence electrons. The van der Waals surface area contributed by atoms with Crippen LogP contribution in [0.2, 0.25) is 0 Å². The van der Waals surface area contributed by atoms with Crippen LogP contribution in [0.25, 0.3) is 0 Å². The second kappa shape index (κ2) is 6.33. The van der Waals surface area contributed by atoms with Crippen LogP contribution in [0.4, 0.5) is 0 Å². The van der Waals surface area contributed by atoms with Gasteiger partial charge in [-0.05, 0) is 0 Å². The van der Waals surface area contributed by atoms with E-state index in [0.29, 0.717) is 6.54 Å². The zero-order valence-electron chi connectivity index (χ0n) is 7.22. The van der Waals surface area contributed by atoms with Crippen molar-refractivity contribution >= 4 is 0 Å². The van der Waals surface area contributed by atoms with Crippen molar-refractivity contribution in [1.82, 2.24) is 0 Å². The summed E-state index contributed by atoms with van der Waals surface area (Å²) in [7, 11) is 1.78. The third-order valence-electron chi connectivity index (χ3n) is 1.65. The van der Waals surface area contributed by atoms with Gasteiger partial charge in [0, 0.05) is 6.42 Å².